The lowest BCUT2D eigenvalue weighted by Gasteiger charge is -1.99. The summed E-state index contributed by atoms with van der Waals surface area (Å²) >= 11 is 0. The molecule has 1 aromatic heterocycles. The Labute approximate surface area is 80.7 Å². The van der Waals surface area contributed by atoms with Gasteiger partial charge in [-0.05, 0) is 0 Å². The number of carbonyl (C=O) groups is 1. The van der Waals surface area contributed by atoms with Crippen molar-refractivity contribution >= 4 is 5.91 Å². The number of carbonyl (C=O) groups excluding carboxylic acids is 1. The van der Waals surface area contributed by atoms with Crippen LogP contribution in [0.2, 0.25) is 0 Å². The fourth-order valence-corrected chi connectivity index (χ4v) is 0.907. The van der Waals surface area contributed by atoms with E-state index in [0.29, 0.717) is 23.2 Å². The fourth-order valence-electron chi connectivity index (χ4n) is 0.907. The van der Waals surface area contributed by atoms with E-state index in [9.17, 15) is 9.70 Å². The summed E-state index contributed by atoms with van der Waals surface area (Å²) in [7, 11) is 0. The maximum absolute atomic E-state index is 11.3. The highest BCUT2D eigenvalue weighted by Gasteiger charge is 2.11. The highest BCUT2D eigenvalue weighted by molar-refractivity contribution is 5.91. The van der Waals surface area contributed by atoms with Gasteiger partial charge in [-0.1, -0.05) is 0 Å². The molecule has 0 aliphatic rings. The highest BCUT2D eigenvalue weighted by Crippen LogP contribution is 1.90. The number of amides is 1. The summed E-state index contributed by atoms with van der Waals surface area (Å²) in [6, 6.07) is 0. The Balaban J connectivity index is 2.81. The zero-order valence-corrected chi connectivity index (χ0v) is 7.91. The number of nitrogens with zero attached hydrogens (tertiary/aromatic N) is 1. The molecule has 0 fully saturated rings. The van der Waals surface area contributed by atoms with E-state index in [-0.39, 0.29) is 11.6 Å². The summed E-state index contributed by atoms with van der Waals surface area (Å²) in [5, 5.41) is 2.55. The third-order valence-electron chi connectivity index (χ3n) is 1.71. The second kappa shape index (κ2) is 4.52. The maximum atomic E-state index is 11.3. The Morgan fingerprint density at radius 3 is 3.00 bits per heavy atom. The normalized spacial score (nSPS) is 9.86. The van der Waals surface area contributed by atoms with Crippen molar-refractivity contribution in [1.29, 1.82) is 0 Å². The summed E-state index contributed by atoms with van der Waals surface area (Å²) in [5.74, 6) is -0.333. The molecular formula is C8H13N4O2+. The number of aryl methyl sites for hydroxylation is 1. The van der Waals surface area contributed by atoms with E-state index in [2.05, 4.69) is 10.3 Å². The van der Waals surface area contributed by atoms with Crippen molar-refractivity contribution in [3.63, 3.8) is 0 Å². The van der Waals surface area contributed by atoms with Gasteiger partial charge in [0.15, 0.2) is 5.69 Å². The van der Waals surface area contributed by atoms with Crippen LogP contribution >= 0.6 is 0 Å². The summed E-state index contributed by atoms with van der Waals surface area (Å²) in [4.78, 5) is 25.1. The molecule has 6 heteroatoms. The quantitative estimate of drug-likeness (QED) is 0.538. The molecule has 0 saturated carbocycles. The van der Waals surface area contributed by atoms with Crippen molar-refractivity contribution in [3.8, 4) is 0 Å². The monoisotopic (exact) mass is 197 g/mol. The number of nitrogens with two attached hydrogens (primary N) is 1. The minimum atomic E-state index is -0.333. The molecule has 6 nitrogen and oxygen atoms in total. The number of nitrogens with one attached hydrogen (secondary N) is 2. The van der Waals surface area contributed by atoms with E-state index in [1.54, 1.807) is 6.92 Å². The van der Waals surface area contributed by atoms with Gasteiger partial charge < -0.3 is 16.0 Å². The van der Waals surface area contributed by atoms with Crippen LogP contribution in [0.5, 0.6) is 0 Å². The van der Waals surface area contributed by atoms with Crippen molar-refractivity contribution in [3.05, 3.63) is 28.7 Å². The van der Waals surface area contributed by atoms with E-state index in [4.69, 9.17) is 5.73 Å². The zero-order chi connectivity index (χ0) is 10.6. The number of aromatic nitrogens is 2. The molecular weight excluding hydrogens is 184 g/mol. The molecule has 0 bridgehead atoms. The van der Waals surface area contributed by atoms with E-state index >= 15 is 0 Å². The van der Waals surface area contributed by atoms with Gasteiger partial charge in [0.25, 0.3) is 17.8 Å². The largest absolute Gasteiger partial charge is 0.349 e. The summed E-state index contributed by atoms with van der Waals surface area (Å²) in [6.07, 6.45) is 2.67. The van der Waals surface area contributed by atoms with E-state index in [1.165, 1.54) is 12.4 Å². The number of hydrogen-bond donors (Lipinski definition) is 3. The first-order chi connectivity index (χ1) is 6.65. The number of hydrogen-bond acceptors (Lipinski definition) is 3. The fraction of sp³-hybridized carbons (Fsp3) is 0.375. The molecule has 0 radical (unpaired) electrons. The van der Waals surface area contributed by atoms with Crippen LogP contribution in [0.4, 0.5) is 0 Å². The summed E-state index contributed by atoms with van der Waals surface area (Å²) in [5.41, 5.74) is 5.94. The molecule has 0 aliphatic heterocycles. The van der Waals surface area contributed by atoms with Crippen molar-refractivity contribution in [2.24, 2.45) is 5.73 Å². The molecule has 4 N–H and O–H groups in total. The highest BCUT2D eigenvalue weighted by atomic mass is 16.3. The lowest BCUT2D eigenvalue weighted by Crippen LogP contribution is -2.31. The van der Waals surface area contributed by atoms with Gasteiger partial charge in [0.05, 0.1) is 10.6 Å². The van der Waals surface area contributed by atoms with E-state index in [0.717, 1.165) is 0 Å². The minimum Gasteiger partial charge on any atom is -0.349 e. The molecule has 1 amide bonds. The Kier molecular flexibility index (Phi) is 3.35. The van der Waals surface area contributed by atoms with Crippen molar-refractivity contribution in [2.45, 2.75) is 6.92 Å². The number of rotatable bonds is 3. The van der Waals surface area contributed by atoms with Crippen LogP contribution in [0.1, 0.15) is 16.2 Å². The third kappa shape index (κ3) is 2.40. The molecule has 0 aromatic carbocycles. The molecule has 1 aromatic rings. The Hall–Kier alpha value is -1.69. The van der Waals surface area contributed by atoms with Crippen molar-refractivity contribution < 1.29 is 9.22 Å². The molecule has 0 atom stereocenters. The van der Waals surface area contributed by atoms with Crippen LogP contribution in [-0.2, 0) is 0 Å². The van der Waals surface area contributed by atoms with Crippen LogP contribution < -0.4 is 15.5 Å². The SMILES string of the molecule is Cc1c[nH]c(C(=O)NCCN)c[n+]1=O. The smallest absolute Gasteiger partial charge is 0.274 e. The Morgan fingerprint density at radius 1 is 1.71 bits per heavy atom. The maximum Gasteiger partial charge on any atom is 0.274 e. The third-order valence-corrected chi connectivity index (χ3v) is 1.71. The van der Waals surface area contributed by atoms with Gasteiger partial charge in [0.2, 0.25) is 0 Å². The van der Waals surface area contributed by atoms with E-state index < -0.39 is 0 Å². The first-order valence-corrected chi connectivity index (χ1v) is 4.25. The first kappa shape index (κ1) is 10.4. The lowest BCUT2D eigenvalue weighted by molar-refractivity contribution is -0.503. The first-order valence-electron chi connectivity index (χ1n) is 4.25. The van der Waals surface area contributed by atoms with Crippen LogP contribution in [0.15, 0.2) is 12.4 Å². The second-order valence-corrected chi connectivity index (χ2v) is 2.84. The van der Waals surface area contributed by atoms with E-state index in [1.807, 2.05) is 0 Å². The lowest BCUT2D eigenvalue weighted by atomic mass is 10.4. The van der Waals surface area contributed by atoms with Gasteiger partial charge >= 0.3 is 0 Å². The molecule has 1 heterocycles. The molecule has 0 unspecified atom stereocenters. The van der Waals surface area contributed by atoms with Crippen LogP contribution in [0, 0.1) is 11.8 Å². The van der Waals surface area contributed by atoms with Gasteiger partial charge in [-0.2, -0.15) is 0 Å². The Bertz CT molecular complexity index is 385. The predicted molar refractivity (Wildman–Crippen MR) is 50.3 cm³/mol. The van der Waals surface area contributed by atoms with Gasteiger partial charge in [-0.3, -0.25) is 4.79 Å². The Morgan fingerprint density at radius 2 is 2.43 bits per heavy atom. The van der Waals surface area contributed by atoms with Crippen LogP contribution in [0.25, 0.3) is 0 Å². The number of aromatic amines is 1. The van der Waals surface area contributed by atoms with Crippen molar-refractivity contribution in [2.75, 3.05) is 13.1 Å². The van der Waals surface area contributed by atoms with Crippen LogP contribution in [-0.4, -0.2) is 24.0 Å². The van der Waals surface area contributed by atoms with Crippen molar-refractivity contribution in [1.82, 2.24) is 10.3 Å². The standard InChI is InChI=1S/C8H12N4O2/c1-6-4-11-7(5-12(6)14)8(13)10-3-2-9/h4-5H,2-3,9H2,1H3,(H-,10,11,13,14)/p+1. The average Bonchev–Trinajstić information content (AvgIpc) is 2.18. The topological polar surface area (TPSA) is 93.9 Å². The number of H-pyrrole nitrogens is 1. The molecule has 0 spiro atoms. The van der Waals surface area contributed by atoms with Gasteiger partial charge in [0, 0.05) is 24.9 Å². The summed E-state index contributed by atoms with van der Waals surface area (Å²) in [6.45, 7) is 2.40. The molecule has 14 heavy (non-hydrogen) atoms. The molecule has 0 aliphatic carbocycles. The predicted octanol–water partition coefficient (Wildman–Crippen LogP) is -1.07. The van der Waals surface area contributed by atoms with Gasteiger partial charge in [-0.25, -0.2) is 0 Å². The van der Waals surface area contributed by atoms with Gasteiger partial charge in [0.1, 0.15) is 0 Å². The zero-order valence-electron chi connectivity index (χ0n) is 7.91. The molecule has 1 rings (SSSR count). The molecule has 76 valence electrons. The van der Waals surface area contributed by atoms with Gasteiger partial charge in [-0.15, -0.1) is 0 Å². The van der Waals surface area contributed by atoms with Crippen LogP contribution in [0.3, 0.4) is 0 Å². The second-order valence-electron chi connectivity index (χ2n) is 2.84. The summed E-state index contributed by atoms with van der Waals surface area (Å²) < 4.78 is 0.633. The average molecular weight is 197 g/mol. The molecule has 0 saturated heterocycles. The minimum absolute atomic E-state index is 0.221.